The average Bonchev–Trinajstić information content (AvgIpc) is 2.58. The normalized spacial score (nSPS) is 13.6. The van der Waals surface area contributed by atoms with Gasteiger partial charge in [-0.05, 0) is 11.5 Å². The van der Waals surface area contributed by atoms with E-state index in [0.29, 0.717) is 6.54 Å². The summed E-state index contributed by atoms with van der Waals surface area (Å²) < 4.78 is 1.73. The van der Waals surface area contributed by atoms with E-state index in [-0.39, 0.29) is 11.3 Å². The highest BCUT2D eigenvalue weighted by molar-refractivity contribution is 5.82. The van der Waals surface area contributed by atoms with Gasteiger partial charge in [-0.3, -0.25) is 9.48 Å². The van der Waals surface area contributed by atoms with Crippen LogP contribution in [0.15, 0.2) is 12.3 Å². The minimum atomic E-state index is -0.499. The van der Waals surface area contributed by atoms with Crippen molar-refractivity contribution in [1.29, 1.82) is 0 Å². The molecule has 5 heteroatoms. The molecule has 0 aromatic carbocycles. The van der Waals surface area contributed by atoms with E-state index in [1.807, 2.05) is 33.9 Å². The number of hydrogen-bond donors (Lipinski definition) is 2. The predicted molar refractivity (Wildman–Crippen MR) is 62.5 cm³/mol. The van der Waals surface area contributed by atoms with Crippen LogP contribution in [0.1, 0.15) is 26.5 Å². The highest BCUT2D eigenvalue weighted by Gasteiger charge is 2.27. The maximum Gasteiger partial charge on any atom is 0.237 e. The Morgan fingerprint density at radius 2 is 2.25 bits per heavy atom. The van der Waals surface area contributed by atoms with E-state index in [1.54, 1.807) is 10.9 Å². The molecule has 0 bridgehead atoms. The van der Waals surface area contributed by atoms with Crippen LogP contribution in [0.25, 0.3) is 0 Å². The van der Waals surface area contributed by atoms with Crippen molar-refractivity contribution < 1.29 is 4.79 Å². The van der Waals surface area contributed by atoms with Gasteiger partial charge in [0, 0.05) is 13.2 Å². The Morgan fingerprint density at radius 3 is 2.69 bits per heavy atom. The molecule has 0 spiro atoms. The number of nitrogens with zero attached hydrogens (tertiary/aromatic N) is 2. The van der Waals surface area contributed by atoms with E-state index in [0.717, 1.165) is 5.69 Å². The molecule has 1 amide bonds. The molecule has 90 valence electrons. The molecule has 1 unspecified atom stereocenters. The molecule has 3 N–H and O–H groups in total. The van der Waals surface area contributed by atoms with Crippen LogP contribution in [-0.2, 0) is 18.4 Å². The Kier molecular flexibility index (Phi) is 3.70. The molecule has 0 fully saturated rings. The summed E-state index contributed by atoms with van der Waals surface area (Å²) >= 11 is 0. The second-order valence-electron chi connectivity index (χ2n) is 5.01. The van der Waals surface area contributed by atoms with Crippen LogP contribution >= 0.6 is 0 Å². The summed E-state index contributed by atoms with van der Waals surface area (Å²) in [6, 6.07) is 1.36. The van der Waals surface area contributed by atoms with Crippen LogP contribution in [0, 0.1) is 5.41 Å². The van der Waals surface area contributed by atoms with E-state index >= 15 is 0 Å². The van der Waals surface area contributed by atoms with E-state index in [2.05, 4.69) is 10.4 Å². The Morgan fingerprint density at radius 1 is 1.62 bits per heavy atom. The van der Waals surface area contributed by atoms with Crippen molar-refractivity contribution >= 4 is 5.91 Å². The third-order valence-corrected chi connectivity index (χ3v) is 2.58. The molecule has 0 aliphatic heterocycles. The molecule has 1 aromatic heterocycles. The zero-order chi connectivity index (χ0) is 12.3. The van der Waals surface area contributed by atoms with Crippen LogP contribution in [0.3, 0.4) is 0 Å². The van der Waals surface area contributed by atoms with Gasteiger partial charge < -0.3 is 11.1 Å². The average molecular weight is 224 g/mol. The van der Waals surface area contributed by atoms with Crippen molar-refractivity contribution in [3.63, 3.8) is 0 Å². The molecular weight excluding hydrogens is 204 g/mol. The second kappa shape index (κ2) is 4.65. The number of rotatable bonds is 3. The molecule has 0 saturated heterocycles. The van der Waals surface area contributed by atoms with Gasteiger partial charge in [-0.25, -0.2) is 0 Å². The van der Waals surface area contributed by atoms with Crippen LogP contribution in [-0.4, -0.2) is 21.7 Å². The topological polar surface area (TPSA) is 72.9 Å². The van der Waals surface area contributed by atoms with Crippen molar-refractivity contribution in [2.75, 3.05) is 0 Å². The maximum atomic E-state index is 11.7. The highest BCUT2D eigenvalue weighted by atomic mass is 16.2. The molecule has 16 heavy (non-hydrogen) atoms. The number of nitrogens with one attached hydrogen (secondary N) is 1. The number of aromatic nitrogens is 2. The number of aryl methyl sites for hydroxylation is 1. The Labute approximate surface area is 96.0 Å². The van der Waals surface area contributed by atoms with Gasteiger partial charge in [-0.2, -0.15) is 5.10 Å². The van der Waals surface area contributed by atoms with Crippen molar-refractivity contribution in [2.45, 2.75) is 33.4 Å². The quantitative estimate of drug-likeness (QED) is 0.781. The summed E-state index contributed by atoms with van der Waals surface area (Å²) in [5.41, 5.74) is 6.56. The molecule has 1 atom stereocenters. The standard InChI is InChI=1S/C11H20N4O/c1-11(2,3)9(12)10(16)13-7-8-5-6-14-15(8)4/h5-6,9H,7,12H2,1-4H3,(H,13,16). The number of amides is 1. The van der Waals surface area contributed by atoms with E-state index in [4.69, 9.17) is 5.73 Å². The molecular formula is C11H20N4O. The van der Waals surface area contributed by atoms with E-state index in [1.165, 1.54) is 0 Å². The Hall–Kier alpha value is -1.36. The maximum absolute atomic E-state index is 11.7. The third-order valence-electron chi connectivity index (χ3n) is 2.58. The largest absolute Gasteiger partial charge is 0.349 e. The van der Waals surface area contributed by atoms with E-state index < -0.39 is 6.04 Å². The number of carbonyl (C=O) groups is 1. The predicted octanol–water partition coefficient (Wildman–Crippen LogP) is 0.410. The smallest absolute Gasteiger partial charge is 0.237 e. The molecule has 1 heterocycles. The summed E-state index contributed by atoms with van der Waals surface area (Å²) in [5, 5.41) is 6.83. The van der Waals surface area contributed by atoms with Gasteiger partial charge in [0.2, 0.25) is 5.91 Å². The van der Waals surface area contributed by atoms with Crippen LogP contribution < -0.4 is 11.1 Å². The van der Waals surface area contributed by atoms with Gasteiger partial charge in [-0.15, -0.1) is 0 Å². The van der Waals surface area contributed by atoms with Gasteiger partial charge >= 0.3 is 0 Å². The lowest BCUT2D eigenvalue weighted by atomic mass is 9.87. The summed E-state index contributed by atoms with van der Waals surface area (Å²) in [7, 11) is 1.84. The van der Waals surface area contributed by atoms with Gasteiger partial charge in [0.05, 0.1) is 18.3 Å². The summed E-state index contributed by atoms with van der Waals surface area (Å²) in [6.07, 6.45) is 1.70. The van der Waals surface area contributed by atoms with Crippen molar-refractivity contribution in [1.82, 2.24) is 15.1 Å². The summed E-state index contributed by atoms with van der Waals surface area (Å²) in [4.78, 5) is 11.7. The Balaban J connectivity index is 2.51. The fraction of sp³-hybridized carbons (Fsp3) is 0.636. The second-order valence-corrected chi connectivity index (χ2v) is 5.01. The Bertz CT molecular complexity index is 364. The first kappa shape index (κ1) is 12.7. The minimum Gasteiger partial charge on any atom is -0.349 e. The van der Waals surface area contributed by atoms with Gasteiger partial charge in [0.15, 0.2) is 0 Å². The minimum absolute atomic E-state index is 0.131. The molecule has 1 rings (SSSR count). The van der Waals surface area contributed by atoms with Crippen LogP contribution in [0.2, 0.25) is 0 Å². The number of hydrogen-bond acceptors (Lipinski definition) is 3. The molecule has 0 saturated carbocycles. The third kappa shape index (κ3) is 3.06. The van der Waals surface area contributed by atoms with Crippen molar-refractivity contribution in [3.05, 3.63) is 18.0 Å². The van der Waals surface area contributed by atoms with Gasteiger partial charge in [0.25, 0.3) is 0 Å². The number of nitrogens with two attached hydrogens (primary N) is 1. The highest BCUT2D eigenvalue weighted by Crippen LogP contribution is 2.17. The fourth-order valence-electron chi connectivity index (χ4n) is 1.26. The lowest BCUT2D eigenvalue weighted by molar-refractivity contribution is -0.124. The van der Waals surface area contributed by atoms with Gasteiger partial charge in [-0.1, -0.05) is 20.8 Å². The fourth-order valence-corrected chi connectivity index (χ4v) is 1.26. The zero-order valence-electron chi connectivity index (χ0n) is 10.3. The van der Waals surface area contributed by atoms with E-state index in [9.17, 15) is 4.79 Å². The monoisotopic (exact) mass is 224 g/mol. The molecule has 0 aliphatic carbocycles. The summed E-state index contributed by atoms with van der Waals surface area (Å²) in [5.74, 6) is -0.131. The molecule has 0 radical (unpaired) electrons. The van der Waals surface area contributed by atoms with Gasteiger partial charge in [0.1, 0.15) is 0 Å². The van der Waals surface area contributed by atoms with Crippen molar-refractivity contribution in [3.8, 4) is 0 Å². The molecule has 5 nitrogen and oxygen atoms in total. The molecule has 1 aromatic rings. The first-order valence-electron chi connectivity index (χ1n) is 5.32. The molecule has 0 aliphatic rings. The lowest BCUT2D eigenvalue weighted by Gasteiger charge is -2.25. The first-order valence-corrected chi connectivity index (χ1v) is 5.32. The first-order chi connectivity index (χ1) is 7.32. The lowest BCUT2D eigenvalue weighted by Crippen LogP contribution is -2.48. The SMILES string of the molecule is Cn1nccc1CNC(=O)C(N)C(C)(C)C. The van der Waals surface area contributed by atoms with Crippen LogP contribution in [0.5, 0.6) is 0 Å². The van der Waals surface area contributed by atoms with Crippen LogP contribution in [0.4, 0.5) is 0 Å². The summed E-state index contributed by atoms with van der Waals surface area (Å²) in [6.45, 7) is 6.29. The zero-order valence-corrected chi connectivity index (χ0v) is 10.3. The van der Waals surface area contributed by atoms with Crippen molar-refractivity contribution in [2.24, 2.45) is 18.2 Å². The number of carbonyl (C=O) groups excluding carboxylic acids is 1.